The predicted octanol–water partition coefficient (Wildman–Crippen LogP) is 1.52. The van der Waals surface area contributed by atoms with Crippen LogP contribution in [0.25, 0.3) is 5.69 Å². The molecule has 4 rings (SSSR count). The number of rotatable bonds is 6. The van der Waals surface area contributed by atoms with E-state index in [1.807, 2.05) is 0 Å². The van der Waals surface area contributed by atoms with Crippen molar-refractivity contribution in [2.24, 2.45) is 0 Å². The molecule has 1 aliphatic heterocycles. The van der Waals surface area contributed by atoms with Crippen LogP contribution in [0, 0.1) is 5.82 Å². The van der Waals surface area contributed by atoms with E-state index in [0.29, 0.717) is 30.2 Å². The van der Waals surface area contributed by atoms with E-state index in [1.165, 1.54) is 51.5 Å². The Morgan fingerprint density at radius 2 is 1.83 bits per heavy atom. The van der Waals surface area contributed by atoms with Gasteiger partial charge in [-0.05, 0) is 65.7 Å². The zero-order valence-corrected chi connectivity index (χ0v) is 16.7. The maximum Gasteiger partial charge on any atom is 0.251 e. The fraction of sp³-hybridized carbons (Fsp3) is 0.263. The molecule has 2 heterocycles. The molecule has 0 radical (unpaired) electrons. The van der Waals surface area contributed by atoms with E-state index in [2.05, 4.69) is 20.8 Å². The topological polar surface area (TPSA) is 110 Å². The molecule has 0 aliphatic carbocycles. The van der Waals surface area contributed by atoms with Gasteiger partial charge in [0.05, 0.1) is 17.1 Å². The standard InChI is InChI=1S/C19H19FN6O3S/c20-15-4-3-5-16(12-15)26-18(22-23-24-26)13-21-19(27)14-6-8-17(9-7-14)30(28,29)25-10-1-2-11-25/h3-9,12H,1-2,10-11,13H2,(H,21,27). The Kier molecular flexibility index (Phi) is 5.55. The van der Waals surface area contributed by atoms with Crippen molar-refractivity contribution >= 4 is 15.9 Å². The minimum absolute atomic E-state index is 0.0101. The van der Waals surface area contributed by atoms with Crippen LogP contribution in [0.5, 0.6) is 0 Å². The molecule has 2 aromatic carbocycles. The van der Waals surface area contributed by atoms with Gasteiger partial charge in [0.2, 0.25) is 10.0 Å². The minimum atomic E-state index is -3.53. The van der Waals surface area contributed by atoms with E-state index in [9.17, 15) is 17.6 Å². The van der Waals surface area contributed by atoms with Crippen LogP contribution >= 0.6 is 0 Å². The van der Waals surface area contributed by atoms with Crippen LogP contribution in [-0.4, -0.2) is 51.9 Å². The second kappa shape index (κ2) is 8.28. The molecule has 30 heavy (non-hydrogen) atoms. The second-order valence-corrected chi connectivity index (χ2v) is 8.74. The Morgan fingerprint density at radius 3 is 2.53 bits per heavy atom. The van der Waals surface area contributed by atoms with Crippen molar-refractivity contribution in [2.75, 3.05) is 13.1 Å². The van der Waals surface area contributed by atoms with E-state index < -0.39 is 21.7 Å². The number of tetrazole rings is 1. The Morgan fingerprint density at radius 1 is 1.10 bits per heavy atom. The summed E-state index contributed by atoms with van der Waals surface area (Å²) in [5, 5.41) is 13.9. The maximum atomic E-state index is 13.4. The second-order valence-electron chi connectivity index (χ2n) is 6.81. The average molecular weight is 430 g/mol. The largest absolute Gasteiger partial charge is 0.345 e. The highest BCUT2D eigenvalue weighted by Crippen LogP contribution is 2.21. The van der Waals surface area contributed by atoms with E-state index in [-0.39, 0.29) is 11.4 Å². The molecule has 0 saturated carbocycles. The van der Waals surface area contributed by atoms with Crippen molar-refractivity contribution in [3.05, 3.63) is 65.7 Å². The van der Waals surface area contributed by atoms with Crippen molar-refractivity contribution in [1.82, 2.24) is 29.8 Å². The lowest BCUT2D eigenvalue weighted by Crippen LogP contribution is -2.28. The predicted molar refractivity (Wildman–Crippen MR) is 105 cm³/mol. The van der Waals surface area contributed by atoms with Gasteiger partial charge < -0.3 is 5.32 Å². The molecule has 1 amide bonds. The quantitative estimate of drug-likeness (QED) is 0.635. The van der Waals surface area contributed by atoms with Crippen LogP contribution in [0.15, 0.2) is 53.4 Å². The fourth-order valence-corrected chi connectivity index (χ4v) is 4.76. The van der Waals surface area contributed by atoms with Crippen molar-refractivity contribution in [2.45, 2.75) is 24.3 Å². The highest BCUT2D eigenvalue weighted by molar-refractivity contribution is 7.89. The summed E-state index contributed by atoms with van der Waals surface area (Å²) in [5.74, 6) is -0.516. The van der Waals surface area contributed by atoms with Gasteiger partial charge in [-0.3, -0.25) is 4.79 Å². The minimum Gasteiger partial charge on any atom is -0.345 e. The van der Waals surface area contributed by atoms with E-state index in [1.54, 1.807) is 6.07 Å². The molecule has 0 atom stereocenters. The molecule has 11 heteroatoms. The number of halogens is 1. The molecule has 1 aliphatic rings. The highest BCUT2D eigenvalue weighted by atomic mass is 32.2. The lowest BCUT2D eigenvalue weighted by Gasteiger charge is -2.15. The first kappa shape index (κ1) is 20.1. The zero-order valence-electron chi connectivity index (χ0n) is 15.9. The van der Waals surface area contributed by atoms with Crippen LogP contribution in [-0.2, 0) is 16.6 Å². The molecule has 1 saturated heterocycles. The molecule has 1 N–H and O–H groups in total. The van der Waals surface area contributed by atoms with Crippen molar-refractivity contribution in [3.8, 4) is 5.69 Å². The van der Waals surface area contributed by atoms with Gasteiger partial charge in [0.1, 0.15) is 5.82 Å². The smallest absolute Gasteiger partial charge is 0.251 e. The average Bonchev–Trinajstić information content (AvgIpc) is 3.44. The molecule has 0 bridgehead atoms. The van der Waals surface area contributed by atoms with Gasteiger partial charge in [-0.25, -0.2) is 12.8 Å². The SMILES string of the molecule is O=C(NCc1nnnn1-c1cccc(F)c1)c1ccc(S(=O)(=O)N2CCCC2)cc1. The summed E-state index contributed by atoms with van der Waals surface area (Å²) in [5.41, 5.74) is 0.737. The van der Waals surface area contributed by atoms with Crippen LogP contribution in [0.2, 0.25) is 0 Å². The number of carbonyl (C=O) groups excluding carboxylic acids is 1. The Balaban J connectivity index is 1.44. The van der Waals surface area contributed by atoms with Crippen molar-refractivity contribution in [3.63, 3.8) is 0 Å². The fourth-order valence-electron chi connectivity index (χ4n) is 3.24. The summed E-state index contributed by atoms with van der Waals surface area (Å²) in [6, 6.07) is 11.6. The highest BCUT2D eigenvalue weighted by Gasteiger charge is 2.27. The number of nitrogens with zero attached hydrogens (tertiary/aromatic N) is 5. The van der Waals surface area contributed by atoms with Crippen LogP contribution in [0.1, 0.15) is 29.0 Å². The molecule has 9 nitrogen and oxygen atoms in total. The van der Waals surface area contributed by atoms with Crippen molar-refractivity contribution < 1.29 is 17.6 Å². The Labute approximate surface area is 172 Å². The summed E-state index contributed by atoms with van der Waals surface area (Å²) < 4.78 is 41.4. The Hall–Kier alpha value is -3.18. The third kappa shape index (κ3) is 4.07. The Bertz CT molecular complexity index is 1160. The zero-order chi connectivity index (χ0) is 21.1. The number of hydrogen-bond donors (Lipinski definition) is 1. The maximum absolute atomic E-state index is 13.4. The first-order valence-electron chi connectivity index (χ1n) is 9.37. The summed E-state index contributed by atoms with van der Waals surface area (Å²) >= 11 is 0. The number of benzene rings is 2. The number of amides is 1. The van der Waals surface area contributed by atoms with Gasteiger partial charge in [0, 0.05) is 18.7 Å². The molecule has 1 fully saturated rings. The molecule has 3 aromatic rings. The van der Waals surface area contributed by atoms with E-state index in [4.69, 9.17) is 0 Å². The summed E-state index contributed by atoms with van der Waals surface area (Å²) in [7, 11) is -3.53. The third-order valence-electron chi connectivity index (χ3n) is 4.81. The van der Waals surface area contributed by atoms with Gasteiger partial charge in [-0.15, -0.1) is 5.10 Å². The molecular formula is C19H19FN6O3S. The van der Waals surface area contributed by atoms with Crippen LogP contribution < -0.4 is 5.32 Å². The van der Waals surface area contributed by atoms with Crippen LogP contribution in [0.4, 0.5) is 4.39 Å². The van der Waals surface area contributed by atoms with Crippen molar-refractivity contribution in [1.29, 1.82) is 0 Å². The van der Waals surface area contributed by atoms with Gasteiger partial charge >= 0.3 is 0 Å². The molecule has 1 aromatic heterocycles. The number of nitrogens with one attached hydrogen (secondary N) is 1. The number of aromatic nitrogens is 4. The van der Waals surface area contributed by atoms with E-state index >= 15 is 0 Å². The number of carbonyl (C=O) groups is 1. The summed E-state index contributed by atoms with van der Waals surface area (Å²) in [6.45, 7) is 1.05. The molecule has 0 spiro atoms. The number of hydrogen-bond acceptors (Lipinski definition) is 6. The van der Waals surface area contributed by atoms with Gasteiger partial charge in [-0.2, -0.15) is 8.99 Å². The lowest BCUT2D eigenvalue weighted by atomic mass is 10.2. The third-order valence-corrected chi connectivity index (χ3v) is 6.73. The summed E-state index contributed by atoms with van der Waals surface area (Å²) in [6.07, 6.45) is 1.71. The molecular weight excluding hydrogens is 411 g/mol. The first-order valence-corrected chi connectivity index (χ1v) is 10.8. The normalized spacial score (nSPS) is 14.7. The van der Waals surface area contributed by atoms with Crippen LogP contribution in [0.3, 0.4) is 0 Å². The number of sulfonamides is 1. The van der Waals surface area contributed by atoms with E-state index in [0.717, 1.165) is 12.8 Å². The van der Waals surface area contributed by atoms with Gasteiger partial charge in [-0.1, -0.05) is 6.07 Å². The molecule has 0 unspecified atom stereocenters. The summed E-state index contributed by atoms with van der Waals surface area (Å²) in [4.78, 5) is 12.6. The monoisotopic (exact) mass is 430 g/mol. The lowest BCUT2D eigenvalue weighted by molar-refractivity contribution is 0.0949. The van der Waals surface area contributed by atoms with Gasteiger partial charge in [0.25, 0.3) is 5.91 Å². The molecule has 156 valence electrons. The first-order chi connectivity index (χ1) is 14.4. The van der Waals surface area contributed by atoms with Gasteiger partial charge in [0.15, 0.2) is 5.82 Å².